The van der Waals surface area contributed by atoms with Crippen molar-refractivity contribution in [3.63, 3.8) is 0 Å². The maximum absolute atomic E-state index is 5.63. The lowest BCUT2D eigenvalue weighted by atomic mass is 10.1. The topological polar surface area (TPSA) is 47.0 Å². The number of rotatable bonds is 2. The number of hydrogen-bond acceptors (Lipinski definition) is 4. The van der Waals surface area contributed by atoms with Crippen molar-refractivity contribution in [3.8, 4) is 0 Å². The fourth-order valence-electron chi connectivity index (χ4n) is 1.44. The summed E-state index contributed by atoms with van der Waals surface area (Å²) in [5.74, 6) is 0.779. The molecule has 1 aromatic rings. The molecule has 0 amide bonds. The summed E-state index contributed by atoms with van der Waals surface area (Å²) in [6.45, 7) is 1.64. The summed E-state index contributed by atoms with van der Waals surface area (Å²) in [7, 11) is 0. The molecule has 1 aliphatic rings. The van der Waals surface area contributed by atoms with Crippen LogP contribution in [0.3, 0.4) is 0 Å². The van der Waals surface area contributed by atoms with Gasteiger partial charge in [0, 0.05) is 19.3 Å². The van der Waals surface area contributed by atoms with E-state index in [4.69, 9.17) is 16.3 Å². The minimum absolute atomic E-state index is 0.419. The van der Waals surface area contributed by atoms with E-state index in [2.05, 4.69) is 15.5 Å². The van der Waals surface area contributed by atoms with Gasteiger partial charge in [-0.3, -0.25) is 0 Å². The van der Waals surface area contributed by atoms with Crippen LogP contribution in [0.4, 0.5) is 5.82 Å². The van der Waals surface area contributed by atoms with Gasteiger partial charge in [0.1, 0.15) is 5.82 Å². The zero-order chi connectivity index (χ0) is 9.80. The van der Waals surface area contributed by atoms with Crippen molar-refractivity contribution in [3.05, 3.63) is 17.3 Å². The smallest absolute Gasteiger partial charge is 0.151 e. The van der Waals surface area contributed by atoms with Crippen LogP contribution in [0.25, 0.3) is 0 Å². The number of nitrogens with one attached hydrogen (secondary N) is 1. The first-order valence-electron chi connectivity index (χ1n) is 4.68. The summed E-state index contributed by atoms with van der Waals surface area (Å²) in [6, 6.07) is 4.01. The molecule has 14 heavy (non-hydrogen) atoms. The second kappa shape index (κ2) is 4.57. The number of nitrogens with zero attached hydrogens (tertiary/aromatic N) is 2. The van der Waals surface area contributed by atoms with Crippen molar-refractivity contribution in [1.29, 1.82) is 0 Å². The highest BCUT2D eigenvalue weighted by Crippen LogP contribution is 2.13. The Morgan fingerprint density at radius 3 is 2.71 bits per heavy atom. The van der Waals surface area contributed by atoms with Gasteiger partial charge >= 0.3 is 0 Å². The lowest BCUT2D eigenvalue weighted by Crippen LogP contribution is -2.28. The molecule has 1 fully saturated rings. The molecule has 0 atom stereocenters. The normalized spacial score (nSPS) is 18.1. The minimum atomic E-state index is 0.419. The predicted octanol–water partition coefficient (Wildman–Crippen LogP) is 1.72. The van der Waals surface area contributed by atoms with Gasteiger partial charge in [-0.15, -0.1) is 10.2 Å². The highest BCUT2D eigenvalue weighted by molar-refractivity contribution is 6.29. The average Bonchev–Trinajstić information content (AvgIpc) is 2.23. The highest BCUT2D eigenvalue weighted by Gasteiger charge is 2.13. The zero-order valence-corrected chi connectivity index (χ0v) is 8.50. The summed E-state index contributed by atoms with van der Waals surface area (Å²) in [6.07, 6.45) is 2.04. The zero-order valence-electron chi connectivity index (χ0n) is 7.74. The van der Waals surface area contributed by atoms with Gasteiger partial charge < -0.3 is 10.1 Å². The number of hydrogen-bond donors (Lipinski definition) is 1. The SMILES string of the molecule is Clc1ccc(NC2CCOCC2)nn1. The largest absolute Gasteiger partial charge is 0.381 e. The molecule has 2 heterocycles. The van der Waals surface area contributed by atoms with Crippen molar-refractivity contribution >= 4 is 17.4 Å². The second-order valence-corrected chi connectivity index (χ2v) is 3.66. The van der Waals surface area contributed by atoms with Gasteiger partial charge in [-0.25, -0.2) is 0 Å². The quantitative estimate of drug-likeness (QED) is 0.813. The van der Waals surface area contributed by atoms with Gasteiger partial charge in [0.2, 0.25) is 0 Å². The van der Waals surface area contributed by atoms with Crippen molar-refractivity contribution in [1.82, 2.24) is 10.2 Å². The molecule has 0 saturated carbocycles. The number of ether oxygens (including phenoxy) is 1. The molecule has 2 rings (SSSR count). The standard InChI is InChI=1S/C9H12ClN3O/c10-8-1-2-9(13-12-8)11-7-3-5-14-6-4-7/h1-2,7H,3-6H2,(H,11,13). The maximum Gasteiger partial charge on any atom is 0.151 e. The molecular weight excluding hydrogens is 202 g/mol. The van der Waals surface area contributed by atoms with E-state index in [1.165, 1.54) is 0 Å². The molecule has 4 nitrogen and oxygen atoms in total. The van der Waals surface area contributed by atoms with Gasteiger partial charge in [-0.2, -0.15) is 0 Å². The molecule has 0 aliphatic carbocycles. The monoisotopic (exact) mass is 213 g/mol. The molecule has 0 aromatic carbocycles. The van der Waals surface area contributed by atoms with Gasteiger partial charge in [-0.1, -0.05) is 11.6 Å². The van der Waals surface area contributed by atoms with Crippen LogP contribution in [0, 0.1) is 0 Å². The fraction of sp³-hybridized carbons (Fsp3) is 0.556. The maximum atomic E-state index is 5.63. The highest BCUT2D eigenvalue weighted by atomic mass is 35.5. The van der Waals surface area contributed by atoms with E-state index >= 15 is 0 Å². The Labute approximate surface area is 87.6 Å². The molecule has 0 spiro atoms. The molecule has 1 aromatic heterocycles. The molecule has 5 heteroatoms. The van der Waals surface area contributed by atoms with Crippen LogP contribution in [0.1, 0.15) is 12.8 Å². The molecule has 1 aliphatic heterocycles. The van der Waals surface area contributed by atoms with Crippen molar-refractivity contribution in [2.45, 2.75) is 18.9 Å². The van der Waals surface area contributed by atoms with Crippen LogP contribution in [-0.2, 0) is 4.74 Å². The van der Waals surface area contributed by atoms with E-state index in [0.717, 1.165) is 31.9 Å². The van der Waals surface area contributed by atoms with Gasteiger partial charge in [0.05, 0.1) is 0 Å². The summed E-state index contributed by atoms with van der Waals surface area (Å²) in [4.78, 5) is 0. The molecule has 1 saturated heterocycles. The van der Waals surface area contributed by atoms with Gasteiger partial charge in [0.25, 0.3) is 0 Å². The third-order valence-electron chi connectivity index (χ3n) is 2.21. The molecule has 0 bridgehead atoms. The third kappa shape index (κ3) is 2.56. The number of anilines is 1. The molecule has 1 N–H and O–H groups in total. The first kappa shape index (κ1) is 9.68. The minimum Gasteiger partial charge on any atom is -0.381 e. The van der Waals surface area contributed by atoms with Crippen molar-refractivity contribution in [2.24, 2.45) is 0 Å². The lowest BCUT2D eigenvalue weighted by molar-refractivity contribution is 0.0903. The van der Waals surface area contributed by atoms with E-state index in [1.54, 1.807) is 6.07 Å². The Balaban J connectivity index is 1.92. The van der Waals surface area contributed by atoms with E-state index in [1.807, 2.05) is 6.07 Å². The summed E-state index contributed by atoms with van der Waals surface area (Å²) >= 11 is 5.63. The lowest BCUT2D eigenvalue weighted by Gasteiger charge is -2.23. The fourth-order valence-corrected chi connectivity index (χ4v) is 1.54. The number of halogens is 1. The van der Waals surface area contributed by atoms with E-state index in [0.29, 0.717) is 11.2 Å². The van der Waals surface area contributed by atoms with Crippen LogP contribution in [0.5, 0.6) is 0 Å². The van der Waals surface area contributed by atoms with Crippen LogP contribution >= 0.6 is 11.6 Å². The second-order valence-electron chi connectivity index (χ2n) is 3.27. The van der Waals surface area contributed by atoms with E-state index in [9.17, 15) is 0 Å². The Morgan fingerprint density at radius 2 is 2.07 bits per heavy atom. The molecule has 76 valence electrons. The Kier molecular flexibility index (Phi) is 3.16. The molecular formula is C9H12ClN3O. The summed E-state index contributed by atoms with van der Waals surface area (Å²) in [5, 5.41) is 11.4. The van der Waals surface area contributed by atoms with Crippen LogP contribution < -0.4 is 5.32 Å². The average molecular weight is 214 g/mol. The molecule has 0 radical (unpaired) electrons. The van der Waals surface area contributed by atoms with Gasteiger partial charge in [0.15, 0.2) is 5.15 Å². The Morgan fingerprint density at radius 1 is 1.29 bits per heavy atom. The number of aromatic nitrogens is 2. The predicted molar refractivity (Wildman–Crippen MR) is 54.5 cm³/mol. The van der Waals surface area contributed by atoms with Gasteiger partial charge in [-0.05, 0) is 25.0 Å². The van der Waals surface area contributed by atoms with Crippen LogP contribution in [0.15, 0.2) is 12.1 Å². The summed E-state index contributed by atoms with van der Waals surface area (Å²) in [5.41, 5.74) is 0. The van der Waals surface area contributed by atoms with Crippen LogP contribution in [0.2, 0.25) is 5.15 Å². The van der Waals surface area contributed by atoms with E-state index < -0.39 is 0 Å². The first-order chi connectivity index (χ1) is 6.84. The molecule has 0 unspecified atom stereocenters. The van der Waals surface area contributed by atoms with Crippen molar-refractivity contribution in [2.75, 3.05) is 18.5 Å². The Hall–Kier alpha value is -0.870. The van der Waals surface area contributed by atoms with Crippen LogP contribution in [-0.4, -0.2) is 29.5 Å². The Bertz CT molecular complexity index is 285. The van der Waals surface area contributed by atoms with Crippen molar-refractivity contribution < 1.29 is 4.74 Å². The first-order valence-corrected chi connectivity index (χ1v) is 5.06. The third-order valence-corrected chi connectivity index (χ3v) is 2.41. The van der Waals surface area contributed by atoms with E-state index in [-0.39, 0.29) is 0 Å². The summed E-state index contributed by atoms with van der Waals surface area (Å²) < 4.78 is 5.26.